The lowest BCUT2D eigenvalue weighted by atomic mass is 10.1. The first-order valence-corrected chi connectivity index (χ1v) is 9.03. The number of benzene rings is 2. The Morgan fingerprint density at radius 2 is 1.68 bits per heavy atom. The second kappa shape index (κ2) is 10.7. The largest absolute Gasteiger partial charge is 0.465 e. The lowest BCUT2D eigenvalue weighted by molar-refractivity contribution is -0.119. The van der Waals surface area contributed by atoms with Crippen molar-refractivity contribution in [3.8, 4) is 0 Å². The zero-order valence-corrected chi connectivity index (χ0v) is 16.0. The molecule has 2 rings (SSSR count). The number of carbonyl (C=O) groups is 3. The Labute approximate surface area is 164 Å². The molecule has 0 heterocycles. The van der Waals surface area contributed by atoms with Gasteiger partial charge in [-0.05, 0) is 42.8 Å². The molecule has 0 unspecified atom stereocenters. The minimum Gasteiger partial charge on any atom is -0.465 e. The molecule has 0 atom stereocenters. The fourth-order valence-electron chi connectivity index (χ4n) is 2.43. The van der Waals surface area contributed by atoms with Gasteiger partial charge in [0.1, 0.15) is 0 Å². The SMILES string of the molecule is CCCCNc1ccccc1C(=O)OCC(=O)Nc1ccc(C(=O)OC)cc1. The standard InChI is InChI=1S/C21H24N2O5/c1-3-4-13-22-18-8-6-5-7-17(18)21(26)28-14-19(24)23-16-11-9-15(10-12-16)20(25)27-2/h5-12,22H,3-4,13-14H2,1-2H3,(H,23,24). The number of carbonyl (C=O) groups excluding carboxylic acids is 3. The van der Waals surface area contributed by atoms with E-state index in [1.807, 2.05) is 6.07 Å². The van der Waals surface area contributed by atoms with Crippen molar-refractivity contribution in [3.05, 3.63) is 59.7 Å². The van der Waals surface area contributed by atoms with Crippen molar-refractivity contribution < 1.29 is 23.9 Å². The summed E-state index contributed by atoms with van der Waals surface area (Å²) in [7, 11) is 1.30. The molecule has 0 bridgehead atoms. The molecule has 28 heavy (non-hydrogen) atoms. The first-order chi connectivity index (χ1) is 13.5. The quantitative estimate of drug-likeness (QED) is 0.508. The molecular weight excluding hydrogens is 360 g/mol. The predicted molar refractivity (Wildman–Crippen MR) is 107 cm³/mol. The van der Waals surface area contributed by atoms with Gasteiger partial charge in [0.25, 0.3) is 5.91 Å². The molecule has 148 valence electrons. The number of unbranched alkanes of at least 4 members (excludes halogenated alkanes) is 1. The van der Waals surface area contributed by atoms with Crippen LogP contribution in [0.1, 0.15) is 40.5 Å². The van der Waals surface area contributed by atoms with Crippen molar-refractivity contribution >= 4 is 29.2 Å². The third kappa shape index (κ3) is 6.12. The van der Waals surface area contributed by atoms with Crippen LogP contribution in [-0.2, 0) is 14.3 Å². The molecule has 0 radical (unpaired) electrons. The number of esters is 2. The van der Waals surface area contributed by atoms with Gasteiger partial charge in [0.05, 0.1) is 18.2 Å². The highest BCUT2D eigenvalue weighted by Gasteiger charge is 2.14. The molecule has 7 nitrogen and oxygen atoms in total. The molecule has 2 aromatic rings. The van der Waals surface area contributed by atoms with Crippen LogP contribution in [0.15, 0.2) is 48.5 Å². The summed E-state index contributed by atoms with van der Waals surface area (Å²) in [6, 6.07) is 13.2. The third-order valence-corrected chi connectivity index (χ3v) is 3.92. The van der Waals surface area contributed by atoms with E-state index in [0.717, 1.165) is 19.4 Å². The van der Waals surface area contributed by atoms with E-state index in [2.05, 4.69) is 22.3 Å². The molecule has 0 saturated carbocycles. The molecular formula is C21H24N2O5. The van der Waals surface area contributed by atoms with Crippen LogP contribution in [-0.4, -0.2) is 38.1 Å². The van der Waals surface area contributed by atoms with Gasteiger partial charge in [-0.15, -0.1) is 0 Å². The maximum atomic E-state index is 12.3. The molecule has 0 aliphatic carbocycles. The first-order valence-electron chi connectivity index (χ1n) is 9.03. The minimum absolute atomic E-state index is 0.374. The predicted octanol–water partition coefficient (Wildman–Crippen LogP) is 3.48. The first kappa shape index (κ1) is 21.0. The maximum Gasteiger partial charge on any atom is 0.340 e. The van der Waals surface area contributed by atoms with Crippen molar-refractivity contribution in [2.45, 2.75) is 19.8 Å². The van der Waals surface area contributed by atoms with Gasteiger partial charge < -0.3 is 20.1 Å². The lowest BCUT2D eigenvalue weighted by Crippen LogP contribution is -2.21. The summed E-state index contributed by atoms with van der Waals surface area (Å²) in [5.74, 6) is -1.51. The Hall–Kier alpha value is -3.35. The number of ether oxygens (including phenoxy) is 2. The molecule has 1 amide bonds. The minimum atomic E-state index is -0.573. The summed E-state index contributed by atoms with van der Waals surface area (Å²) in [5.41, 5.74) is 1.92. The average Bonchev–Trinajstić information content (AvgIpc) is 2.72. The van der Waals surface area contributed by atoms with Crippen molar-refractivity contribution in [2.75, 3.05) is 30.9 Å². The van der Waals surface area contributed by atoms with E-state index in [4.69, 9.17) is 4.74 Å². The normalized spacial score (nSPS) is 10.1. The highest BCUT2D eigenvalue weighted by molar-refractivity contribution is 5.98. The fraction of sp³-hybridized carbons (Fsp3) is 0.286. The molecule has 2 aromatic carbocycles. The molecule has 0 aliphatic heterocycles. The Bertz CT molecular complexity index is 818. The van der Waals surface area contributed by atoms with Crippen molar-refractivity contribution in [1.29, 1.82) is 0 Å². The summed E-state index contributed by atoms with van der Waals surface area (Å²) in [5, 5.41) is 5.81. The van der Waals surface area contributed by atoms with Crippen LogP contribution in [0.25, 0.3) is 0 Å². The lowest BCUT2D eigenvalue weighted by Gasteiger charge is -2.11. The van der Waals surface area contributed by atoms with E-state index < -0.39 is 24.5 Å². The number of rotatable bonds is 9. The number of hydrogen-bond acceptors (Lipinski definition) is 6. The van der Waals surface area contributed by atoms with Crippen molar-refractivity contribution in [2.24, 2.45) is 0 Å². The zero-order valence-electron chi connectivity index (χ0n) is 16.0. The number of nitrogens with one attached hydrogen (secondary N) is 2. The van der Waals surface area contributed by atoms with Gasteiger partial charge in [-0.2, -0.15) is 0 Å². The third-order valence-electron chi connectivity index (χ3n) is 3.92. The van der Waals surface area contributed by atoms with Crippen LogP contribution in [0.2, 0.25) is 0 Å². The molecule has 0 aromatic heterocycles. The van der Waals surface area contributed by atoms with Crippen LogP contribution in [0, 0.1) is 0 Å². The average molecular weight is 384 g/mol. The highest BCUT2D eigenvalue weighted by atomic mass is 16.5. The topological polar surface area (TPSA) is 93.7 Å². The van der Waals surface area contributed by atoms with E-state index in [9.17, 15) is 14.4 Å². The Balaban J connectivity index is 1.89. The van der Waals surface area contributed by atoms with E-state index in [1.54, 1.807) is 30.3 Å². The van der Waals surface area contributed by atoms with Gasteiger partial charge in [0, 0.05) is 17.9 Å². The van der Waals surface area contributed by atoms with Gasteiger partial charge in [-0.25, -0.2) is 9.59 Å². The summed E-state index contributed by atoms with van der Waals surface area (Å²) in [6.07, 6.45) is 2.03. The van der Waals surface area contributed by atoms with Crippen molar-refractivity contribution in [3.63, 3.8) is 0 Å². The van der Waals surface area contributed by atoms with Gasteiger partial charge in [-0.1, -0.05) is 25.5 Å². The second-order valence-corrected chi connectivity index (χ2v) is 6.02. The zero-order chi connectivity index (χ0) is 20.4. The number of para-hydroxylation sites is 1. The maximum absolute atomic E-state index is 12.3. The van der Waals surface area contributed by atoms with Gasteiger partial charge in [0.15, 0.2) is 6.61 Å². The van der Waals surface area contributed by atoms with Crippen LogP contribution >= 0.6 is 0 Å². The number of anilines is 2. The van der Waals surface area contributed by atoms with Crippen LogP contribution in [0.3, 0.4) is 0 Å². The van der Waals surface area contributed by atoms with Crippen LogP contribution in [0.5, 0.6) is 0 Å². The fourth-order valence-corrected chi connectivity index (χ4v) is 2.43. The summed E-state index contributed by atoms with van der Waals surface area (Å²) in [4.78, 5) is 35.7. The highest BCUT2D eigenvalue weighted by Crippen LogP contribution is 2.16. The van der Waals surface area contributed by atoms with Crippen LogP contribution < -0.4 is 10.6 Å². The second-order valence-electron chi connectivity index (χ2n) is 6.02. The van der Waals surface area contributed by atoms with E-state index in [-0.39, 0.29) is 0 Å². The summed E-state index contributed by atoms with van der Waals surface area (Å²) < 4.78 is 9.74. The van der Waals surface area contributed by atoms with E-state index >= 15 is 0 Å². The molecule has 0 spiro atoms. The molecule has 7 heteroatoms. The number of methoxy groups -OCH3 is 1. The monoisotopic (exact) mass is 384 g/mol. The molecule has 2 N–H and O–H groups in total. The summed E-state index contributed by atoms with van der Waals surface area (Å²) in [6.45, 7) is 2.42. The number of amides is 1. The van der Waals surface area contributed by atoms with Crippen molar-refractivity contribution in [1.82, 2.24) is 0 Å². The molecule has 0 aliphatic rings. The van der Waals surface area contributed by atoms with Gasteiger partial charge in [0.2, 0.25) is 0 Å². The molecule has 0 saturated heterocycles. The summed E-state index contributed by atoms with van der Waals surface area (Å²) >= 11 is 0. The smallest absolute Gasteiger partial charge is 0.340 e. The van der Waals surface area contributed by atoms with Gasteiger partial charge >= 0.3 is 11.9 Å². The molecule has 0 fully saturated rings. The Kier molecular flexibility index (Phi) is 8.02. The Morgan fingerprint density at radius 3 is 2.36 bits per heavy atom. The Morgan fingerprint density at radius 1 is 0.964 bits per heavy atom. The van der Waals surface area contributed by atoms with Crippen LogP contribution in [0.4, 0.5) is 11.4 Å². The number of hydrogen-bond donors (Lipinski definition) is 2. The van der Waals surface area contributed by atoms with Gasteiger partial charge in [-0.3, -0.25) is 4.79 Å². The van der Waals surface area contributed by atoms with E-state index in [1.165, 1.54) is 19.2 Å². The van der Waals surface area contributed by atoms with E-state index in [0.29, 0.717) is 22.5 Å².